The highest BCUT2D eigenvalue weighted by molar-refractivity contribution is 5.51. The number of rotatable bonds is 6. The molecule has 2 aromatic rings. The van der Waals surface area contributed by atoms with E-state index in [1.807, 2.05) is 0 Å². The quantitative estimate of drug-likeness (QED) is 0.791. The highest BCUT2D eigenvalue weighted by Crippen LogP contribution is 2.21. The van der Waals surface area contributed by atoms with Crippen molar-refractivity contribution in [3.05, 3.63) is 59.7 Å². The first-order valence-corrected chi connectivity index (χ1v) is 7.57. The van der Waals surface area contributed by atoms with E-state index in [4.69, 9.17) is 0 Å². The summed E-state index contributed by atoms with van der Waals surface area (Å²) in [4.78, 5) is 0. The molecule has 2 aromatic carbocycles. The van der Waals surface area contributed by atoms with Gasteiger partial charge in [0.15, 0.2) is 0 Å². The molecule has 21 heavy (non-hydrogen) atoms. The highest BCUT2D eigenvalue weighted by Gasteiger charge is 2.18. The van der Waals surface area contributed by atoms with Crippen LogP contribution in [-0.4, -0.2) is 13.1 Å². The first kappa shape index (κ1) is 15.4. The van der Waals surface area contributed by atoms with Crippen molar-refractivity contribution in [2.45, 2.75) is 27.7 Å². The van der Waals surface area contributed by atoms with Crippen molar-refractivity contribution in [1.29, 1.82) is 0 Å². The van der Waals surface area contributed by atoms with E-state index in [2.05, 4.69) is 86.9 Å². The first-order valence-electron chi connectivity index (χ1n) is 7.57. The predicted octanol–water partition coefficient (Wildman–Crippen LogP) is 4.85. The number of aryl methyl sites for hydroxylation is 2. The van der Waals surface area contributed by atoms with E-state index in [0.717, 1.165) is 13.1 Å². The summed E-state index contributed by atoms with van der Waals surface area (Å²) in [6, 6.07) is 16.9. The third-order valence-electron chi connectivity index (χ3n) is 3.80. The minimum Gasteiger partial charge on any atom is -0.384 e. The van der Waals surface area contributed by atoms with E-state index in [9.17, 15) is 0 Å². The summed E-state index contributed by atoms with van der Waals surface area (Å²) in [7, 11) is 0. The van der Waals surface area contributed by atoms with Gasteiger partial charge in [0.25, 0.3) is 0 Å². The summed E-state index contributed by atoms with van der Waals surface area (Å²) < 4.78 is 0. The van der Waals surface area contributed by atoms with Crippen molar-refractivity contribution in [3.8, 4) is 0 Å². The Kier molecular flexibility index (Phi) is 4.89. The lowest BCUT2D eigenvalue weighted by Crippen LogP contribution is -2.31. The van der Waals surface area contributed by atoms with E-state index in [1.165, 1.54) is 22.5 Å². The number of hydrogen-bond acceptors (Lipinski definition) is 2. The molecule has 0 unspecified atom stereocenters. The molecular weight excluding hydrogens is 256 g/mol. The third-order valence-corrected chi connectivity index (χ3v) is 3.80. The Morgan fingerprint density at radius 1 is 0.714 bits per heavy atom. The maximum atomic E-state index is 3.56. The van der Waals surface area contributed by atoms with E-state index < -0.39 is 0 Å². The van der Waals surface area contributed by atoms with Crippen LogP contribution in [0.2, 0.25) is 0 Å². The van der Waals surface area contributed by atoms with Gasteiger partial charge in [-0.15, -0.1) is 0 Å². The first-order chi connectivity index (χ1) is 9.98. The SMILES string of the molecule is Cc1ccccc1NCC(C)(C)CNc1ccccc1C. The molecule has 0 spiro atoms. The summed E-state index contributed by atoms with van der Waals surface area (Å²) in [5.74, 6) is 0. The average molecular weight is 282 g/mol. The lowest BCUT2D eigenvalue weighted by atomic mass is 9.93. The van der Waals surface area contributed by atoms with Gasteiger partial charge >= 0.3 is 0 Å². The Bertz CT molecular complexity index is 536. The molecule has 0 aliphatic rings. The summed E-state index contributed by atoms with van der Waals surface area (Å²) >= 11 is 0. The molecule has 0 aliphatic heterocycles. The number of anilines is 2. The van der Waals surface area contributed by atoms with Crippen LogP contribution in [0.25, 0.3) is 0 Å². The van der Waals surface area contributed by atoms with Crippen LogP contribution in [0.1, 0.15) is 25.0 Å². The monoisotopic (exact) mass is 282 g/mol. The van der Waals surface area contributed by atoms with E-state index >= 15 is 0 Å². The molecule has 2 N–H and O–H groups in total. The Morgan fingerprint density at radius 3 is 1.48 bits per heavy atom. The molecule has 0 amide bonds. The van der Waals surface area contributed by atoms with Crippen molar-refractivity contribution in [1.82, 2.24) is 0 Å². The number of nitrogens with one attached hydrogen (secondary N) is 2. The van der Waals surface area contributed by atoms with Crippen molar-refractivity contribution < 1.29 is 0 Å². The van der Waals surface area contributed by atoms with E-state index in [1.54, 1.807) is 0 Å². The van der Waals surface area contributed by atoms with Crippen molar-refractivity contribution >= 4 is 11.4 Å². The van der Waals surface area contributed by atoms with Crippen LogP contribution < -0.4 is 10.6 Å². The van der Waals surface area contributed by atoms with E-state index in [-0.39, 0.29) is 5.41 Å². The van der Waals surface area contributed by atoms with Crippen LogP contribution in [0.15, 0.2) is 48.5 Å². The van der Waals surface area contributed by atoms with Gasteiger partial charge < -0.3 is 10.6 Å². The molecule has 0 radical (unpaired) electrons. The summed E-state index contributed by atoms with van der Waals surface area (Å²) in [6.45, 7) is 10.7. The van der Waals surface area contributed by atoms with Gasteiger partial charge in [-0.3, -0.25) is 0 Å². The summed E-state index contributed by atoms with van der Waals surface area (Å²) in [5.41, 5.74) is 5.20. The Labute approximate surface area is 128 Å². The van der Waals surface area contributed by atoms with Crippen LogP contribution in [0.3, 0.4) is 0 Å². The number of benzene rings is 2. The van der Waals surface area contributed by atoms with Gasteiger partial charge in [0.1, 0.15) is 0 Å². The molecule has 0 heterocycles. The molecule has 2 rings (SSSR count). The lowest BCUT2D eigenvalue weighted by molar-refractivity contribution is 0.419. The van der Waals surface area contributed by atoms with Gasteiger partial charge in [-0.2, -0.15) is 0 Å². The molecule has 0 bridgehead atoms. The largest absolute Gasteiger partial charge is 0.384 e. The van der Waals surface area contributed by atoms with Crippen LogP contribution >= 0.6 is 0 Å². The van der Waals surface area contributed by atoms with Crippen molar-refractivity contribution in [2.75, 3.05) is 23.7 Å². The molecule has 0 fully saturated rings. The fraction of sp³-hybridized carbons (Fsp3) is 0.368. The maximum Gasteiger partial charge on any atom is 0.0370 e. The lowest BCUT2D eigenvalue weighted by Gasteiger charge is -2.27. The molecule has 0 atom stereocenters. The zero-order valence-corrected chi connectivity index (χ0v) is 13.5. The smallest absolute Gasteiger partial charge is 0.0370 e. The second-order valence-electron chi connectivity index (χ2n) is 6.50. The van der Waals surface area contributed by atoms with Crippen LogP contribution in [0.5, 0.6) is 0 Å². The van der Waals surface area contributed by atoms with Gasteiger partial charge in [-0.1, -0.05) is 50.2 Å². The number of hydrogen-bond donors (Lipinski definition) is 2. The maximum absolute atomic E-state index is 3.56. The fourth-order valence-electron chi connectivity index (χ4n) is 2.27. The second-order valence-corrected chi connectivity index (χ2v) is 6.50. The van der Waals surface area contributed by atoms with Crippen molar-refractivity contribution in [3.63, 3.8) is 0 Å². The molecule has 0 saturated carbocycles. The normalized spacial score (nSPS) is 11.2. The molecule has 0 aliphatic carbocycles. The number of para-hydroxylation sites is 2. The molecule has 0 aromatic heterocycles. The highest BCUT2D eigenvalue weighted by atomic mass is 14.9. The Morgan fingerprint density at radius 2 is 1.10 bits per heavy atom. The zero-order valence-electron chi connectivity index (χ0n) is 13.5. The second kappa shape index (κ2) is 6.66. The van der Waals surface area contributed by atoms with Crippen molar-refractivity contribution in [2.24, 2.45) is 5.41 Å². The van der Waals surface area contributed by atoms with E-state index in [0.29, 0.717) is 0 Å². The molecular formula is C19H26N2. The predicted molar refractivity (Wildman–Crippen MR) is 93.1 cm³/mol. The molecule has 2 heteroatoms. The molecule has 112 valence electrons. The summed E-state index contributed by atoms with van der Waals surface area (Å²) in [6.07, 6.45) is 0. The molecule has 0 saturated heterocycles. The average Bonchev–Trinajstić information content (AvgIpc) is 2.46. The van der Waals surface area contributed by atoms with Crippen LogP contribution in [0, 0.1) is 19.3 Å². The minimum absolute atomic E-state index is 0.171. The Hall–Kier alpha value is -1.96. The minimum atomic E-state index is 0.171. The molecule has 2 nitrogen and oxygen atoms in total. The van der Waals surface area contributed by atoms with Gasteiger partial charge in [0.2, 0.25) is 0 Å². The Balaban J connectivity index is 1.90. The van der Waals surface area contributed by atoms with Gasteiger partial charge in [0.05, 0.1) is 0 Å². The van der Waals surface area contributed by atoms with Crippen LogP contribution in [-0.2, 0) is 0 Å². The van der Waals surface area contributed by atoms with Gasteiger partial charge in [-0.05, 0) is 42.5 Å². The zero-order chi connectivity index (χ0) is 15.3. The van der Waals surface area contributed by atoms with Gasteiger partial charge in [0, 0.05) is 24.5 Å². The standard InChI is InChI=1S/C19H26N2/c1-15-9-5-7-11-17(15)20-13-19(3,4)14-21-18-12-8-6-10-16(18)2/h5-12,20-21H,13-14H2,1-4H3. The third kappa shape index (κ3) is 4.52. The van der Waals surface area contributed by atoms with Gasteiger partial charge in [-0.25, -0.2) is 0 Å². The van der Waals surface area contributed by atoms with Crippen LogP contribution in [0.4, 0.5) is 11.4 Å². The fourth-order valence-corrected chi connectivity index (χ4v) is 2.27. The topological polar surface area (TPSA) is 24.1 Å². The summed E-state index contributed by atoms with van der Waals surface area (Å²) in [5, 5.41) is 7.13.